The van der Waals surface area contributed by atoms with Crippen LogP contribution in [-0.2, 0) is 19.1 Å². The summed E-state index contributed by atoms with van der Waals surface area (Å²) >= 11 is 6.80. The first-order valence-electron chi connectivity index (χ1n) is 11.0. The van der Waals surface area contributed by atoms with Gasteiger partial charge in [0.2, 0.25) is 5.91 Å². The second-order valence-corrected chi connectivity index (χ2v) is 9.06. The highest BCUT2D eigenvalue weighted by atomic mass is 35.5. The number of anilines is 1. The summed E-state index contributed by atoms with van der Waals surface area (Å²) in [5.41, 5.74) is 0.974. The first-order valence-corrected chi connectivity index (χ1v) is 12.2. The Morgan fingerprint density at radius 1 is 1.11 bits per heavy atom. The average Bonchev–Trinajstić information content (AvgIpc) is 3.08. The Balaban J connectivity index is 1.64. The number of hydrogen-bond acceptors (Lipinski definition) is 8. The minimum absolute atomic E-state index is 0.0967. The van der Waals surface area contributed by atoms with Crippen LogP contribution in [0.1, 0.15) is 42.6 Å². The molecule has 0 radical (unpaired) electrons. The van der Waals surface area contributed by atoms with Gasteiger partial charge in [-0.15, -0.1) is 0 Å². The number of imide groups is 1. The van der Waals surface area contributed by atoms with Crippen LogP contribution in [0.5, 0.6) is 5.75 Å². The van der Waals surface area contributed by atoms with Gasteiger partial charge in [0.1, 0.15) is 12.3 Å². The summed E-state index contributed by atoms with van der Waals surface area (Å²) in [6.45, 7) is 3.00. The van der Waals surface area contributed by atoms with E-state index in [0.29, 0.717) is 29.5 Å². The van der Waals surface area contributed by atoms with Gasteiger partial charge < -0.3 is 14.8 Å². The molecular formula is C25H23ClN2O7S. The van der Waals surface area contributed by atoms with Crippen LogP contribution in [0.3, 0.4) is 0 Å². The fraction of sp³-hybridized carbons (Fsp3) is 0.240. The van der Waals surface area contributed by atoms with Gasteiger partial charge in [-0.1, -0.05) is 37.1 Å². The van der Waals surface area contributed by atoms with Crippen molar-refractivity contribution < 1.29 is 33.4 Å². The Labute approximate surface area is 216 Å². The minimum Gasteiger partial charge on any atom is -0.462 e. The smallest absolute Gasteiger partial charge is 0.339 e. The van der Waals surface area contributed by atoms with Gasteiger partial charge in [0, 0.05) is 12.6 Å². The summed E-state index contributed by atoms with van der Waals surface area (Å²) in [5.74, 6) is -1.95. The van der Waals surface area contributed by atoms with E-state index in [1.54, 1.807) is 24.3 Å². The summed E-state index contributed by atoms with van der Waals surface area (Å²) in [6, 6.07) is 10.7. The molecule has 2 aromatic carbocycles. The van der Waals surface area contributed by atoms with Crippen molar-refractivity contribution in [3.63, 3.8) is 0 Å². The van der Waals surface area contributed by atoms with E-state index in [4.69, 9.17) is 21.1 Å². The van der Waals surface area contributed by atoms with E-state index in [-0.39, 0.29) is 27.8 Å². The summed E-state index contributed by atoms with van der Waals surface area (Å²) in [5, 5.41) is 2.15. The van der Waals surface area contributed by atoms with Gasteiger partial charge in [0.05, 0.1) is 22.1 Å². The van der Waals surface area contributed by atoms with Crippen molar-refractivity contribution in [2.45, 2.75) is 26.7 Å². The molecule has 1 saturated heterocycles. The second kappa shape index (κ2) is 12.4. The fourth-order valence-corrected chi connectivity index (χ4v) is 4.11. The summed E-state index contributed by atoms with van der Waals surface area (Å²) < 4.78 is 10.1. The molecule has 36 heavy (non-hydrogen) atoms. The standard InChI is InChI=1S/C25H23ClN2O7S/c1-3-4-11-34-24(32)19-13-17(7-10-20(19)26)27-22(30)14-28-23(31)21(36-25(28)33)12-16-5-8-18(9-6-16)35-15(2)29/h5-10,12-13H,3-4,11,14H2,1-2H3,(H,27,30)/b21-12+. The van der Waals surface area contributed by atoms with Gasteiger partial charge in [-0.25, -0.2) is 4.79 Å². The number of esters is 2. The van der Waals surface area contributed by atoms with Crippen LogP contribution >= 0.6 is 23.4 Å². The zero-order chi connectivity index (χ0) is 26.2. The largest absolute Gasteiger partial charge is 0.462 e. The SMILES string of the molecule is CCCCOC(=O)c1cc(NC(=O)CN2C(=O)S/C(=C/c3ccc(OC(C)=O)cc3)C2=O)ccc1Cl. The molecular weight excluding hydrogens is 508 g/mol. The van der Waals surface area contributed by atoms with Gasteiger partial charge in [-0.3, -0.25) is 24.1 Å². The molecule has 0 atom stereocenters. The quantitative estimate of drug-likeness (QED) is 0.210. The van der Waals surface area contributed by atoms with Gasteiger partial charge >= 0.3 is 11.9 Å². The lowest BCUT2D eigenvalue weighted by Crippen LogP contribution is -2.36. The number of unbranched alkanes of at least 4 members (excludes halogenated alkanes) is 1. The number of carbonyl (C=O) groups is 5. The van der Waals surface area contributed by atoms with Crippen LogP contribution in [0.15, 0.2) is 47.4 Å². The predicted molar refractivity (Wildman–Crippen MR) is 136 cm³/mol. The number of rotatable bonds is 9. The molecule has 1 heterocycles. The molecule has 3 rings (SSSR count). The molecule has 0 saturated carbocycles. The van der Waals surface area contributed by atoms with Crippen molar-refractivity contribution in [1.29, 1.82) is 0 Å². The van der Waals surface area contributed by atoms with Crippen LogP contribution in [0, 0.1) is 0 Å². The maximum Gasteiger partial charge on any atom is 0.339 e. The van der Waals surface area contributed by atoms with Crippen molar-refractivity contribution in [3.8, 4) is 5.75 Å². The van der Waals surface area contributed by atoms with E-state index < -0.39 is 35.5 Å². The van der Waals surface area contributed by atoms with E-state index >= 15 is 0 Å². The number of carbonyl (C=O) groups excluding carboxylic acids is 5. The first kappa shape index (κ1) is 27.0. The zero-order valence-electron chi connectivity index (χ0n) is 19.5. The maximum atomic E-state index is 12.7. The molecule has 0 bridgehead atoms. The van der Waals surface area contributed by atoms with E-state index in [2.05, 4.69) is 5.32 Å². The third kappa shape index (κ3) is 7.19. The van der Waals surface area contributed by atoms with Crippen LogP contribution in [0.4, 0.5) is 10.5 Å². The number of nitrogens with one attached hydrogen (secondary N) is 1. The maximum absolute atomic E-state index is 12.7. The lowest BCUT2D eigenvalue weighted by atomic mass is 10.2. The Bertz CT molecular complexity index is 1230. The number of hydrogen-bond donors (Lipinski definition) is 1. The number of benzene rings is 2. The molecule has 0 aromatic heterocycles. The number of thioether (sulfide) groups is 1. The highest BCUT2D eigenvalue weighted by Crippen LogP contribution is 2.32. The molecule has 3 amide bonds. The molecule has 11 heteroatoms. The summed E-state index contributed by atoms with van der Waals surface area (Å²) in [4.78, 5) is 61.9. The van der Waals surface area contributed by atoms with E-state index in [1.807, 2.05) is 6.92 Å². The zero-order valence-corrected chi connectivity index (χ0v) is 21.1. The Morgan fingerprint density at radius 3 is 2.50 bits per heavy atom. The van der Waals surface area contributed by atoms with Crippen LogP contribution in [0.2, 0.25) is 5.02 Å². The third-order valence-corrected chi connectivity index (χ3v) is 6.05. The molecule has 1 aliphatic rings. The van der Waals surface area contributed by atoms with Crippen molar-refractivity contribution in [1.82, 2.24) is 4.90 Å². The Kier molecular flexibility index (Phi) is 9.26. The highest BCUT2D eigenvalue weighted by molar-refractivity contribution is 8.18. The van der Waals surface area contributed by atoms with Crippen molar-refractivity contribution >= 4 is 64.1 Å². The Hall–Kier alpha value is -3.63. The molecule has 2 aromatic rings. The molecule has 188 valence electrons. The monoisotopic (exact) mass is 530 g/mol. The molecule has 0 aliphatic carbocycles. The normalized spacial score (nSPS) is 14.2. The van der Waals surface area contributed by atoms with E-state index in [1.165, 1.54) is 31.2 Å². The van der Waals surface area contributed by atoms with Gasteiger partial charge in [-0.2, -0.15) is 0 Å². The topological polar surface area (TPSA) is 119 Å². The molecule has 1 N–H and O–H groups in total. The van der Waals surface area contributed by atoms with Crippen LogP contribution in [-0.4, -0.2) is 47.0 Å². The molecule has 1 aliphatic heterocycles. The lowest BCUT2D eigenvalue weighted by Gasteiger charge is -2.13. The molecule has 0 spiro atoms. The average molecular weight is 531 g/mol. The number of amides is 3. The van der Waals surface area contributed by atoms with Crippen LogP contribution in [0.25, 0.3) is 6.08 Å². The van der Waals surface area contributed by atoms with Gasteiger partial charge in [0.25, 0.3) is 11.1 Å². The molecule has 9 nitrogen and oxygen atoms in total. The van der Waals surface area contributed by atoms with E-state index in [9.17, 15) is 24.0 Å². The summed E-state index contributed by atoms with van der Waals surface area (Å²) in [7, 11) is 0. The van der Waals surface area contributed by atoms with Gasteiger partial charge in [0.15, 0.2) is 0 Å². The van der Waals surface area contributed by atoms with Crippen molar-refractivity contribution in [2.75, 3.05) is 18.5 Å². The summed E-state index contributed by atoms with van der Waals surface area (Å²) in [6.07, 6.45) is 3.09. The fourth-order valence-electron chi connectivity index (χ4n) is 3.08. The van der Waals surface area contributed by atoms with E-state index in [0.717, 1.165) is 11.3 Å². The minimum atomic E-state index is -0.628. The number of halogens is 1. The van der Waals surface area contributed by atoms with Gasteiger partial charge in [-0.05, 0) is 60.2 Å². The number of ether oxygens (including phenoxy) is 2. The Morgan fingerprint density at radius 2 is 1.83 bits per heavy atom. The highest BCUT2D eigenvalue weighted by Gasteiger charge is 2.36. The van der Waals surface area contributed by atoms with Crippen LogP contribution < -0.4 is 10.1 Å². The predicted octanol–water partition coefficient (Wildman–Crippen LogP) is 4.90. The molecule has 0 unspecified atom stereocenters. The third-order valence-electron chi connectivity index (χ3n) is 4.82. The lowest BCUT2D eigenvalue weighted by molar-refractivity contribution is -0.131. The second-order valence-electron chi connectivity index (χ2n) is 7.66. The number of nitrogens with zero attached hydrogens (tertiary/aromatic N) is 1. The first-order chi connectivity index (χ1) is 17.2. The van der Waals surface area contributed by atoms with Crippen molar-refractivity contribution in [3.05, 3.63) is 63.5 Å². The molecule has 1 fully saturated rings. The van der Waals surface area contributed by atoms with Crippen molar-refractivity contribution in [2.24, 2.45) is 0 Å².